The molecule has 1 amide bonds. The van der Waals surface area contributed by atoms with Crippen LogP contribution in [0.1, 0.15) is 21.9 Å². The van der Waals surface area contributed by atoms with Gasteiger partial charge in [0, 0.05) is 5.56 Å². The number of nitrogens with one attached hydrogen (secondary N) is 2. The molecule has 0 aliphatic rings. The van der Waals surface area contributed by atoms with Crippen molar-refractivity contribution in [3.8, 4) is 17.1 Å². The van der Waals surface area contributed by atoms with Crippen LogP contribution < -0.4 is 10.1 Å². The molecule has 0 saturated heterocycles. The third-order valence-electron chi connectivity index (χ3n) is 3.40. The van der Waals surface area contributed by atoms with E-state index < -0.39 is 0 Å². The van der Waals surface area contributed by atoms with Crippen molar-refractivity contribution >= 4 is 5.91 Å². The number of ether oxygens (including phenoxy) is 1. The molecule has 1 aromatic carbocycles. The van der Waals surface area contributed by atoms with Gasteiger partial charge in [-0.05, 0) is 37.3 Å². The molecule has 0 fully saturated rings. The number of nitrogens with zero attached hydrogens (tertiary/aromatic N) is 2. The lowest BCUT2D eigenvalue weighted by atomic mass is 10.2. The van der Waals surface area contributed by atoms with Gasteiger partial charge in [-0.1, -0.05) is 0 Å². The first-order valence-corrected chi connectivity index (χ1v) is 7.05. The summed E-state index contributed by atoms with van der Waals surface area (Å²) in [6.07, 6.45) is 1.49. The monoisotopic (exact) mass is 312 g/mol. The molecule has 2 N–H and O–H groups in total. The van der Waals surface area contributed by atoms with Gasteiger partial charge in [0.15, 0.2) is 5.82 Å². The fourth-order valence-corrected chi connectivity index (χ4v) is 2.12. The number of amides is 1. The number of hydrogen-bond donors (Lipinski definition) is 2. The molecule has 0 unspecified atom stereocenters. The molecule has 0 radical (unpaired) electrons. The fraction of sp³-hybridized carbons (Fsp3) is 0.188. The molecule has 0 atom stereocenters. The lowest BCUT2D eigenvalue weighted by molar-refractivity contribution is 0.0948. The van der Waals surface area contributed by atoms with E-state index in [1.807, 2.05) is 24.3 Å². The molecule has 7 nitrogen and oxygen atoms in total. The van der Waals surface area contributed by atoms with Crippen LogP contribution in [0.2, 0.25) is 0 Å². The van der Waals surface area contributed by atoms with Crippen molar-refractivity contribution < 1.29 is 13.9 Å². The predicted molar refractivity (Wildman–Crippen MR) is 83.0 cm³/mol. The Labute approximate surface area is 132 Å². The standard InChI is InChI=1S/C16H16N4O3/c1-10-13(7-8-23-10)16(21)17-9-14-18-15(20-19-14)11-3-5-12(22-2)6-4-11/h3-8H,9H2,1-2H3,(H,17,21)(H,18,19,20). The van der Waals surface area contributed by atoms with Crippen molar-refractivity contribution in [1.82, 2.24) is 20.5 Å². The highest BCUT2D eigenvalue weighted by Gasteiger charge is 2.12. The third-order valence-corrected chi connectivity index (χ3v) is 3.40. The van der Waals surface area contributed by atoms with Crippen molar-refractivity contribution in [2.24, 2.45) is 0 Å². The number of aromatic amines is 1. The van der Waals surface area contributed by atoms with Crippen LogP contribution in [0.3, 0.4) is 0 Å². The second-order valence-corrected chi connectivity index (χ2v) is 4.91. The van der Waals surface area contributed by atoms with E-state index in [-0.39, 0.29) is 12.5 Å². The van der Waals surface area contributed by atoms with Crippen molar-refractivity contribution in [2.45, 2.75) is 13.5 Å². The first-order chi connectivity index (χ1) is 11.2. The summed E-state index contributed by atoms with van der Waals surface area (Å²) in [7, 11) is 1.62. The molecule has 3 aromatic rings. The topological polar surface area (TPSA) is 93.0 Å². The van der Waals surface area contributed by atoms with E-state index in [2.05, 4.69) is 20.5 Å². The average Bonchev–Trinajstić information content (AvgIpc) is 3.22. The summed E-state index contributed by atoms with van der Waals surface area (Å²) < 4.78 is 10.2. The van der Waals surface area contributed by atoms with Crippen LogP contribution in [0.25, 0.3) is 11.4 Å². The van der Waals surface area contributed by atoms with Crippen molar-refractivity contribution in [3.05, 3.63) is 53.7 Å². The van der Waals surface area contributed by atoms with Gasteiger partial charge in [-0.25, -0.2) is 4.98 Å². The van der Waals surface area contributed by atoms with Gasteiger partial charge in [-0.2, -0.15) is 5.10 Å². The van der Waals surface area contributed by atoms with Gasteiger partial charge in [0.1, 0.15) is 17.3 Å². The number of aromatic nitrogens is 3. The SMILES string of the molecule is COc1ccc(-c2n[nH]c(CNC(=O)c3ccoc3C)n2)cc1. The number of rotatable bonds is 5. The number of methoxy groups -OCH3 is 1. The van der Waals surface area contributed by atoms with Crippen LogP contribution in [-0.4, -0.2) is 28.2 Å². The summed E-state index contributed by atoms with van der Waals surface area (Å²) in [5.74, 6) is 2.28. The molecule has 3 rings (SSSR count). The maximum atomic E-state index is 12.0. The summed E-state index contributed by atoms with van der Waals surface area (Å²) in [6, 6.07) is 9.07. The lowest BCUT2D eigenvalue weighted by Crippen LogP contribution is -2.23. The summed E-state index contributed by atoms with van der Waals surface area (Å²) in [5, 5.41) is 9.74. The van der Waals surface area contributed by atoms with Gasteiger partial charge in [0.25, 0.3) is 5.91 Å². The Morgan fingerprint density at radius 1 is 1.30 bits per heavy atom. The fourth-order valence-electron chi connectivity index (χ4n) is 2.12. The zero-order chi connectivity index (χ0) is 16.2. The minimum absolute atomic E-state index is 0.210. The van der Waals surface area contributed by atoms with Crippen molar-refractivity contribution in [1.29, 1.82) is 0 Å². The average molecular weight is 312 g/mol. The molecule has 118 valence electrons. The number of hydrogen-bond acceptors (Lipinski definition) is 5. The first kappa shape index (κ1) is 14.8. The van der Waals surface area contributed by atoms with E-state index in [0.717, 1.165) is 11.3 Å². The van der Waals surface area contributed by atoms with Crippen LogP contribution in [0.4, 0.5) is 0 Å². The second-order valence-electron chi connectivity index (χ2n) is 4.91. The Morgan fingerprint density at radius 3 is 2.74 bits per heavy atom. The summed E-state index contributed by atoms with van der Waals surface area (Å²) >= 11 is 0. The summed E-state index contributed by atoms with van der Waals surface area (Å²) in [4.78, 5) is 16.4. The van der Waals surface area contributed by atoms with Crippen molar-refractivity contribution in [3.63, 3.8) is 0 Å². The van der Waals surface area contributed by atoms with Gasteiger partial charge < -0.3 is 14.5 Å². The van der Waals surface area contributed by atoms with Crippen LogP contribution in [0, 0.1) is 6.92 Å². The minimum Gasteiger partial charge on any atom is -0.497 e. The van der Waals surface area contributed by atoms with E-state index >= 15 is 0 Å². The largest absolute Gasteiger partial charge is 0.497 e. The molecule has 23 heavy (non-hydrogen) atoms. The zero-order valence-corrected chi connectivity index (χ0v) is 12.8. The summed E-state index contributed by atoms with van der Waals surface area (Å²) in [5.41, 5.74) is 1.38. The van der Waals surface area contributed by atoms with E-state index in [1.54, 1.807) is 20.1 Å². The zero-order valence-electron chi connectivity index (χ0n) is 12.8. The van der Waals surface area contributed by atoms with Gasteiger partial charge in [-0.15, -0.1) is 0 Å². The van der Waals surface area contributed by atoms with Crippen LogP contribution in [0.5, 0.6) is 5.75 Å². The highest BCUT2D eigenvalue weighted by Crippen LogP contribution is 2.18. The van der Waals surface area contributed by atoms with E-state index in [0.29, 0.717) is 23.0 Å². The van der Waals surface area contributed by atoms with E-state index in [1.165, 1.54) is 6.26 Å². The molecule has 0 aliphatic carbocycles. The number of aryl methyl sites for hydroxylation is 1. The Kier molecular flexibility index (Phi) is 4.09. The highest BCUT2D eigenvalue weighted by molar-refractivity contribution is 5.94. The van der Waals surface area contributed by atoms with Crippen LogP contribution in [-0.2, 0) is 6.54 Å². The molecule has 0 aliphatic heterocycles. The Balaban J connectivity index is 1.65. The van der Waals surface area contributed by atoms with Gasteiger partial charge in [0.05, 0.1) is 25.5 Å². The number of carbonyl (C=O) groups excluding carboxylic acids is 1. The predicted octanol–water partition coefficient (Wildman–Crippen LogP) is 2.31. The number of carbonyl (C=O) groups is 1. The Hall–Kier alpha value is -3.09. The maximum Gasteiger partial charge on any atom is 0.255 e. The molecule has 2 heterocycles. The van der Waals surface area contributed by atoms with Crippen LogP contribution in [0.15, 0.2) is 41.0 Å². The first-order valence-electron chi connectivity index (χ1n) is 7.05. The van der Waals surface area contributed by atoms with Gasteiger partial charge >= 0.3 is 0 Å². The number of benzene rings is 1. The number of furan rings is 1. The smallest absolute Gasteiger partial charge is 0.255 e. The molecule has 0 spiro atoms. The molecule has 7 heteroatoms. The molecule has 2 aromatic heterocycles. The highest BCUT2D eigenvalue weighted by atomic mass is 16.5. The third kappa shape index (κ3) is 3.23. The molecular weight excluding hydrogens is 296 g/mol. The lowest BCUT2D eigenvalue weighted by Gasteiger charge is -2.01. The minimum atomic E-state index is -0.210. The molecule has 0 saturated carbocycles. The number of H-pyrrole nitrogens is 1. The molecule has 0 bridgehead atoms. The van der Waals surface area contributed by atoms with Gasteiger partial charge in [0.2, 0.25) is 0 Å². The van der Waals surface area contributed by atoms with E-state index in [9.17, 15) is 4.79 Å². The molecular formula is C16H16N4O3. The normalized spacial score (nSPS) is 10.5. The summed E-state index contributed by atoms with van der Waals surface area (Å²) in [6.45, 7) is 2.00. The maximum absolute atomic E-state index is 12.0. The van der Waals surface area contributed by atoms with E-state index in [4.69, 9.17) is 9.15 Å². The second kappa shape index (κ2) is 6.35. The van der Waals surface area contributed by atoms with Crippen LogP contribution >= 0.6 is 0 Å². The van der Waals surface area contributed by atoms with Gasteiger partial charge in [-0.3, -0.25) is 9.89 Å². The Morgan fingerprint density at radius 2 is 2.09 bits per heavy atom. The Bertz CT molecular complexity index is 805. The quantitative estimate of drug-likeness (QED) is 0.754. The van der Waals surface area contributed by atoms with Crippen molar-refractivity contribution in [2.75, 3.05) is 7.11 Å².